The summed E-state index contributed by atoms with van der Waals surface area (Å²) in [6, 6.07) is 7.11. The monoisotopic (exact) mass is 425 g/mol. The second-order valence-electron chi connectivity index (χ2n) is 7.32. The minimum Gasteiger partial charge on any atom is -0.370 e. The third kappa shape index (κ3) is 5.81. The summed E-state index contributed by atoms with van der Waals surface area (Å²) in [7, 11) is 3.51. The topological polar surface area (TPSA) is 146 Å². The molecule has 31 heavy (non-hydrogen) atoms. The van der Waals surface area contributed by atoms with Crippen molar-refractivity contribution in [3.05, 3.63) is 42.2 Å². The predicted molar refractivity (Wildman–Crippen MR) is 118 cm³/mol. The number of benzene rings is 1. The van der Waals surface area contributed by atoms with Crippen LogP contribution in [0, 0.1) is 0 Å². The van der Waals surface area contributed by atoms with Crippen LogP contribution in [-0.2, 0) is 6.54 Å². The molecule has 1 fully saturated rings. The number of guanidine groups is 1. The van der Waals surface area contributed by atoms with Crippen LogP contribution in [0.1, 0.15) is 5.56 Å². The van der Waals surface area contributed by atoms with Gasteiger partial charge in [0, 0.05) is 64.8 Å². The number of anilines is 1. The van der Waals surface area contributed by atoms with E-state index in [-0.39, 0.29) is 12.0 Å². The summed E-state index contributed by atoms with van der Waals surface area (Å²) in [6.45, 7) is 2.93. The molecule has 0 aliphatic carbocycles. The zero-order chi connectivity index (χ0) is 22.4. The number of hydrogen-bond acceptors (Lipinski definition) is 5. The van der Waals surface area contributed by atoms with Crippen molar-refractivity contribution in [2.24, 2.45) is 16.5 Å². The van der Waals surface area contributed by atoms with E-state index in [0.29, 0.717) is 38.7 Å². The largest absolute Gasteiger partial charge is 0.370 e. The highest BCUT2D eigenvalue weighted by Crippen LogP contribution is 2.21. The predicted octanol–water partition coefficient (Wildman–Crippen LogP) is 0.430. The Bertz CT molecular complexity index is 947. The average Bonchev–Trinajstić information content (AvgIpc) is 2.77. The van der Waals surface area contributed by atoms with E-state index >= 15 is 0 Å². The standard InChI is InChI=1S/C20H27N9O2/c1-27(2)20(31)29-8-6-28(7-9-29)18-23-12-16(13-24-18)15-5-3-4-14(10-15)11-25-19(30)26-17(21)22/h3-5,10,12-13H,6-9,11H2,1-2H3,(H5,21,22,25,26,30). The Balaban J connectivity index is 1.61. The van der Waals surface area contributed by atoms with Crippen LogP contribution in [0.4, 0.5) is 15.5 Å². The fourth-order valence-electron chi connectivity index (χ4n) is 3.21. The third-order valence-electron chi connectivity index (χ3n) is 4.79. The first-order valence-electron chi connectivity index (χ1n) is 9.83. The van der Waals surface area contributed by atoms with Gasteiger partial charge in [-0.2, -0.15) is 4.99 Å². The summed E-state index contributed by atoms with van der Waals surface area (Å²) >= 11 is 0. The summed E-state index contributed by atoms with van der Waals surface area (Å²) in [5.74, 6) is 0.357. The lowest BCUT2D eigenvalue weighted by molar-refractivity contribution is 0.167. The minimum atomic E-state index is -0.592. The average molecular weight is 425 g/mol. The van der Waals surface area contributed by atoms with Crippen LogP contribution in [0.2, 0.25) is 0 Å². The van der Waals surface area contributed by atoms with Crippen molar-refractivity contribution in [1.82, 2.24) is 25.1 Å². The highest BCUT2D eigenvalue weighted by molar-refractivity contribution is 5.90. The molecule has 0 atom stereocenters. The molecule has 0 unspecified atom stereocenters. The molecule has 0 radical (unpaired) electrons. The Morgan fingerprint density at radius 1 is 1.10 bits per heavy atom. The summed E-state index contributed by atoms with van der Waals surface area (Å²) in [6.07, 6.45) is 3.55. The molecule has 1 saturated heterocycles. The number of urea groups is 2. The molecule has 11 nitrogen and oxygen atoms in total. The van der Waals surface area contributed by atoms with Gasteiger partial charge in [0.25, 0.3) is 0 Å². The summed E-state index contributed by atoms with van der Waals surface area (Å²) in [5.41, 5.74) is 13.1. The second-order valence-corrected chi connectivity index (χ2v) is 7.32. The van der Waals surface area contributed by atoms with Crippen molar-refractivity contribution in [2.75, 3.05) is 45.2 Å². The molecule has 1 aliphatic rings. The molecule has 0 spiro atoms. The Hall–Kier alpha value is -3.89. The maximum atomic E-state index is 12.1. The summed E-state index contributed by atoms with van der Waals surface area (Å²) < 4.78 is 0. The number of aliphatic imine (C=N–C) groups is 1. The molecule has 3 rings (SSSR count). The van der Waals surface area contributed by atoms with Gasteiger partial charge in [0.05, 0.1) is 0 Å². The van der Waals surface area contributed by atoms with Gasteiger partial charge >= 0.3 is 12.1 Å². The molecule has 5 N–H and O–H groups in total. The van der Waals surface area contributed by atoms with Gasteiger partial charge in [0.15, 0.2) is 5.96 Å². The first-order valence-corrected chi connectivity index (χ1v) is 9.83. The zero-order valence-corrected chi connectivity index (χ0v) is 17.7. The van der Waals surface area contributed by atoms with E-state index in [4.69, 9.17) is 11.5 Å². The van der Waals surface area contributed by atoms with Crippen LogP contribution in [-0.4, -0.2) is 78.1 Å². The molecule has 0 bridgehead atoms. The number of aromatic nitrogens is 2. The summed E-state index contributed by atoms with van der Waals surface area (Å²) in [4.78, 5) is 41.5. The van der Waals surface area contributed by atoms with E-state index in [0.717, 1.165) is 16.7 Å². The maximum absolute atomic E-state index is 12.1. The Labute approximate surface area is 180 Å². The van der Waals surface area contributed by atoms with E-state index in [2.05, 4.69) is 25.2 Å². The van der Waals surface area contributed by atoms with Crippen molar-refractivity contribution in [2.45, 2.75) is 6.54 Å². The number of nitrogens with two attached hydrogens (primary N) is 2. The molecule has 2 heterocycles. The first kappa shape index (κ1) is 21.8. The number of nitrogens with one attached hydrogen (secondary N) is 1. The SMILES string of the molecule is CN(C)C(=O)N1CCN(c2ncc(-c3cccc(CNC(=O)N=C(N)N)c3)cn2)CC1. The first-order chi connectivity index (χ1) is 14.8. The minimum absolute atomic E-state index is 0.0188. The van der Waals surface area contributed by atoms with Crippen molar-refractivity contribution in [1.29, 1.82) is 0 Å². The molecule has 1 aromatic heterocycles. The van der Waals surface area contributed by atoms with Crippen LogP contribution < -0.4 is 21.7 Å². The van der Waals surface area contributed by atoms with Gasteiger partial charge in [0.1, 0.15) is 0 Å². The second kappa shape index (κ2) is 9.74. The molecule has 11 heteroatoms. The number of amides is 4. The molecular formula is C20H27N9O2. The molecule has 2 aromatic rings. The van der Waals surface area contributed by atoms with Gasteiger partial charge in [0.2, 0.25) is 5.95 Å². The quantitative estimate of drug-likeness (QED) is 0.475. The number of nitrogens with zero attached hydrogens (tertiary/aromatic N) is 6. The molecule has 0 saturated carbocycles. The van der Waals surface area contributed by atoms with Crippen LogP contribution in [0.3, 0.4) is 0 Å². The Kier molecular flexibility index (Phi) is 6.85. The van der Waals surface area contributed by atoms with E-state index < -0.39 is 6.03 Å². The molecular weight excluding hydrogens is 398 g/mol. The zero-order valence-electron chi connectivity index (χ0n) is 17.7. The fraction of sp³-hybridized carbons (Fsp3) is 0.350. The van der Waals surface area contributed by atoms with Gasteiger partial charge in [-0.25, -0.2) is 19.6 Å². The highest BCUT2D eigenvalue weighted by atomic mass is 16.2. The lowest BCUT2D eigenvalue weighted by Gasteiger charge is -2.35. The number of rotatable bonds is 4. The Morgan fingerprint density at radius 3 is 2.39 bits per heavy atom. The highest BCUT2D eigenvalue weighted by Gasteiger charge is 2.23. The van der Waals surface area contributed by atoms with Crippen molar-refractivity contribution in [3.8, 4) is 11.1 Å². The fourth-order valence-corrected chi connectivity index (χ4v) is 3.21. The van der Waals surface area contributed by atoms with E-state index in [1.54, 1.807) is 31.4 Å². The van der Waals surface area contributed by atoms with Gasteiger partial charge in [-0.3, -0.25) is 0 Å². The summed E-state index contributed by atoms with van der Waals surface area (Å²) in [5, 5.41) is 2.62. The number of piperazine rings is 1. The van der Waals surface area contributed by atoms with Crippen LogP contribution >= 0.6 is 0 Å². The third-order valence-corrected chi connectivity index (χ3v) is 4.79. The van der Waals surface area contributed by atoms with E-state index in [1.165, 1.54) is 0 Å². The number of carbonyl (C=O) groups excluding carboxylic acids is 2. The van der Waals surface area contributed by atoms with Gasteiger partial charge in [-0.1, -0.05) is 18.2 Å². The van der Waals surface area contributed by atoms with Crippen molar-refractivity contribution in [3.63, 3.8) is 0 Å². The normalized spacial score (nSPS) is 13.5. The van der Waals surface area contributed by atoms with Crippen LogP contribution in [0.15, 0.2) is 41.7 Å². The maximum Gasteiger partial charge on any atom is 0.344 e. The van der Waals surface area contributed by atoms with Gasteiger partial charge in [-0.15, -0.1) is 0 Å². The van der Waals surface area contributed by atoms with Crippen LogP contribution in [0.25, 0.3) is 11.1 Å². The number of carbonyl (C=O) groups is 2. The van der Waals surface area contributed by atoms with Crippen molar-refractivity contribution >= 4 is 24.0 Å². The van der Waals surface area contributed by atoms with E-state index in [1.807, 2.05) is 29.2 Å². The van der Waals surface area contributed by atoms with Crippen LogP contribution in [0.5, 0.6) is 0 Å². The van der Waals surface area contributed by atoms with Gasteiger partial charge < -0.3 is 31.5 Å². The smallest absolute Gasteiger partial charge is 0.344 e. The lowest BCUT2D eigenvalue weighted by atomic mass is 10.1. The molecule has 164 valence electrons. The number of hydrogen-bond donors (Lipinski definition) is 3. The molecule has 1 aromatic carbocycles. The van der Waals surface area contributed by atoms with E-state index in [9.17, 15) is 9.59 Å². The Morgan fingerprint density at radius 2 is 1.77 bits per heavy atom. The van der Waals surface area contributed by atoms with Crippen molar-refractivity contribution < 1.29 is 9.59 Å². The molecule has 1 aliphatic heterocycles. The van der Waals surface area contributed by atoms with Gasteiger partial charge in [-0.05, 0) is 17.2 Å². The lowest BCUT2D eigenvalue weighted by Crippen LogP contribution is -2.51. The molecule has 4 amide bonds.